The van der Waals surface area contributed by atoms with Crippen molar-refractivity contribution in [3.63, 3.8) is 0 Å². The Balaban J connectivity index is 0.000000531. The lowest BCUT2D eigenvalue weighted by molar-refractivity contribution is -0.135. The number of sulfonamides is 1. The predicted molar refractivity (Wildman–Crippen MR) is 146 cm³/mol. The molecule has 228 valence electrons. The summed E-state index contributed by atoms with van der Waals surface area (Å²) in [6, 6.07) is 9.49. The number of hydrogen-bond donors (Lipinski definition) is 4. The summed E-state index contributed by atoms with van der Waals surface area (Å²) in [5, 5.41) is 15.6. The van der Waals surface area contributed by atoms with Crippen LogP contribution in [0.3, 0.4) is 0 Å². The van der Waals surface area contributed by atoms with Gasteiger partial charge < -0.3 is 20.8 Å². The van der Waals surface area contributed by atoms with Crippen LogP contribution >= 0.6 is 0 Å². The standard InChI is InChI=1S/C24H28F3N3O3S.C4H4O4/c25-20-12-22(27)21(26)10-16(20)11-23(28)17-8-18-6-7-19(9-17)30(18)24(31)13-29-34(32,33)14-15-4-2-1-3-5-15;5-3(6)1-2-4(7)8/h1-5,10,12,17-19,23,29H,6-9,11,13-14,28H2;1-2H,(H,5,6)(H,7,8)/b;2-1-/t17-,18-,19+,23-;/m1./s1. The maximum absolute atomic E-state index is 14.0. The lowest BCUT2D eigenvalue weighted by Crippen LogP contribution is -2.52. The molecule has 2 bridgehead atoms. The SMILES string of the molecule is N[C@H](Cc1cc(F)c(F)cc1F)[C@@H]1C[C@H]2CC[C@@H](C1)N2C(=O)CNS(=O)(=O)Cc1ccccc1.O=C(O)/C=C\C(=O)O. The molecule has 2 aromatic rings. The molecule has 1 amide bonds. The number of aliphatic carboxylic acids is 2. The van der Waals surface area contributed by atoms with Crippen LogP contribution in [0, 0.1) is 23.4 Å². The van der Waals surface area contributed by atoms with Crippen LogP contribution < -0.4 is 10.5 Å². The van der Waals surface area contributed by atoms with Crippen LogP contribution in [-0.4, -0.2) is 66.0 Å². The van der Waals surface area contributed by atoms with E-state index in [1.54, 1.807) is 35.2 Å². The Morgan fingerprint density at radius 1 is 0.952 bits per heavy atom. The van der Waals surface area contributed by atoms with Gasteiger partial charge in [0.25, 0.3) is 0 Å². The molecule has 2 heterocycles. The van der Waals surface area contributed by atoms with Gasteiger partial charge in [0, 0.05) is 36.3 Å². The number of halogens is 3. The summed E-state index contributed by atoms with van der Waals surface area (Å²) in [4.78, 5) is 33.7. The minimum Gasteiger partial charge on any atom is -0.478 e. The molecule has 42 heavy (non-hydrogen) atoms. The second-order valence-corrected chi connectivity index (χ2v) is 12.0. The molecule has 4 atom stereocenters. The van der Waals surface area contributed by atoms with E-state index in [0.29, 0.717) is 36.6 Å². The fraction of sp³-hybridized carbons (Fsp3) is 0.393. The van der Waals surface area contributed by atoms with E-state index in [1.165, 1.54) is 0 Å². The topological polar surface area (TPSA) is 167 Å². The van der Waals surface area contributed by atoms with Crippen LogP contribution in [0.4, 0.5) is 13.2 Å². The average molecular weight is 612 g/mol. The van der Waals surface area contributed by atoms with Crippen LogP contribution in [0.5, 0.6) is 0 Å². The van der Waals surface area contributed by atoms with Crippen molar-refractivity contribution in [1.29, 1.82) is 0 Å². The Labute approximate surface area is 241 Å². The Hall–Kier alpha value is -3.75. The van der Waals surface area contributed by atoms with Crippen LogP contribution in [0.2, 0.25) is 0 Å². The van der Waals surface area contributed by atoms with Gasteiger partial charge in [-0.25, -0.2) is 35.9 Å². The van der Waals surface area contributed by atoms with Gasteiger partial charge in [0.1, 0.15) is 5.82 Å². The molecule has 4 rings (SSSR count). The van der Waals surface area contributed by atoms with E-state index in [0.717, 1.165) is 18.9 Å². The smallest absolute Gasteiger partial charge is 0.328 e. The number of piperidine rings is 1. The van der Waals surface area contributed by atoms with Gasteiger partial charge in [-0.15, -0.1) is 0 Å². The maximum Gasteiger partial charge on any atom is 0.328 e. The summed E-state index contributed by atoms with van der Waals surface area (Å²) in [5.74, 6) is -6.18. The summed E-state index contributed by atoms with van der Waals surface area (Å²) in [6.07, 6.45) is 3.97. The van der Waals surface area contributed by atoms with Crippen molar-refractivity contribution < 1.29 is 46.2 Å². The zero-order valence-electron chi connectivity index (χ0n) is 22.5. The Kier molecular flexibility index (Phi) is 11.3. The third kappa shape index (κ3) is 9.39. The van der Waals surface area contributed by atoms with Crippen molar-refractivity contribution in [1.82, 2.24) is 9.62 Å². The predicted octanol–water partition coefficient (Wildman–Crippen LogP) is 2.57. The second-order valence-electron chi connectivity index (χ2n) is 10.2. The van der Waals surface area contributed by atoms with E-state index < -0.39 is 45.5 Å². The first-order chi connectivity index (χ1) is 19.8. The molecule has 2 aliphatic heterocycles. The molecular weight excluding hydrogens is 579 g/mol. The molecule has 2 fully saturated rings. The number of carboxylic acid groups (broad SMARTS) is 2. The van der Waals surface area contributed by atoms with Crippen molar-refractivity contribution >= 4 is 27.9 Å². The van der Waals surface area contributed by atoms with Gasteiger partial charge in [-0.3, -0.25) is 4.79 Å². The van der Waals surface area contributed by atoms with Gasteiger partial charge in [0.05, 0.1) is 12.3 Å². The lowest BCUT2D eigenvalue weighted by Gasteiger charge is -2.41. The summed E-state index contributed by atoms with van der Waals surface area (Å²) >= 11 is 0. The number of carbonyl (C=O) groups is 3. The number of amides is 1. The van der Waals surface area contributed by atoms with Crippen LogP contribution in [-0.2, 0) is 36.6 Å². The first-order valence-corrected chi connectivity index (χ1v) is 14.8. The van der Waals surface area contributed by atoms with Crippen molar-refractivity contribution in [3.8, 4) is 0 Å². The molecule has 0 unspecified atom stereocenters. The normalized spacial score (nSPS) is 20.6. The third-order valence-electron chi connectivity index (χ3n) is 7.22. The van der Waals surface area contributed by atoms with Gasteiger partial charge in [0.15, 0.2) is 11.6 Å². The zero-order chi connectivity index (χ0) is 31.0. The molecule has 0 aromatic heterocycles. The monoisotopic (exact) mass is 611 g/mol. The van der Waals surface area contributed by atoms with Crippen LogP contribution in [0.1, 0.15) is 36.8 Å². The summed E-state index contributed by atoms with van der Waals surface area (Å²) in [6.45, 7) is -0.307. The molecule has 2 aromatic carbocycles. The second kappa shape index (κ2) is 14.4. The average Bonchev–Trinajstić information content (AvgIpc) is 3.18. The molecule has 10 nitrogen and oxygen atoms in total. The van der Waals surface area contributed by atoms with Gasteiger partial charge in [0.2, 0.25) is 15.9 Å². The number of carboxylic acids is 2. The first kappa shape index (κ1) is 32.8. The minimum absolute atomic E-state index is 0.0103. The van der Waals surface area contributed by atoms with E-state index in [2.05, 4.69) is 4.72 Å². The van der Waals surface area contributed by atoms with Crippen molar-refractivity contribution in [2.24, 2.45) is 11.7 Å². The molecule has 2 aliphatic rings. The van der Waals surface area contributed by atoms with Gasteiger partial charge in [-0.05, 0) is 55.2 Å². The van der Waals surface area contributed by atoms with Crippen molar-refractivity contribution in [3.05, 3.63) is 83.2 Å². The van der Waals surface area contributed by atoms with Gasteiger partial charge in [-0.2, -0.15) is 0 Å². The molecular formula is C28H32F3N3O7S. The Morgan fingerprint density at radius 2 is 1.50 bits per heavy atom. The molecule has 14 heteroatoms. The number of carbonyl (C=O) groups excluding carboxylic acids is 1. The number of hydrogen-bond acceptors (Lipinski definition) is 6. The number of benzene rings is 2. The molecule has 0 aliphatic carbocycles. The lowest BCUT2D eigenvalue weighted by atomic mass is 9.82. The van der Waals surface area contributed by atoms with E-state index in [-0.39, 0.29) is 48.2 Å². The van der Waals surface area contributed by atoms with E-state index in [1.807, 2.05) is 0 Å². The first-order valence-electron chi connectivity index (χ1n) is 13.1. The van der Waals surface area contributed by atoms with Crippen molar-refractivity contribution in [2.75, 3.05) is 6.54 Å². The van der Waals surface area contributed by atoms with Crippen LogP contribution in [0.15, 0.2) is 54.6 Å². The molecule has 5 N–H and O–H groups in total. The Morgan fingerprint density at radius 3 is 2.05 bits per heavy atom. The highest BCUT2D eigenvalue weighted by Crippen LogP contribution is 2.40. The highest BCUT2D eigenvalue weighted by molar-refractivity contribution is 7.88. The maximum atomic E-state index is 14.0. The largest absolute Gasteiger partial charge is 0.478 e. The quantitative estimate of drug-likeness (QED) is 0.235. The minimum atomic E-state index is -3.66. The van der Waals surface area contributed by atoms with E-state index in [4.69, 9.17) is 15.9 Å². The fourth-order valence-corrected chi connectivity index (χ4v) is 6.44. The van der Waals surface area contributed by atoms with E-state index in [9.17, 15) is 36.0 Å². The third-order valence-corrected chi connectivity index (χ3v) is 8.52. The fourth-order valence-electron chi connectivity index (χ4n) is 5.37. The molecule has 0 radical (unpaired) electrons. The highest BCUT2D eigenvalue weighted by atomic mass is 32.2. The number of nitrogens with zero attached hydrogens (tertiary/aromatic N) is 1. The van der Waals surface area contributed by atoms with Gasteiger partial charge in [-0.1, -0.05) is 30.3 Å². The summed E-state index contributed by atoms with van der Waals surface area (Å²) in [5.41, 5.74) is 6.99. The van der Waals surface area contributed by atoms with Crippen LogP contribution in [0.25, 0.3) is 0 Å². The summed E-state index contributed by atoms with van der Waals surface area (Å²) < 4.78 is 67.9. The molecule has 0 spiro atoms. The summed E-state index contributed by atoms with van der Waals surface area (Å²) in [7, 11) is -3.66. The molecule has 0 saturated carbocycles. The number of fused-ring (bicyclic) bond motifs is 2. The Bertz CT molecular complexity index is 1390. The highest BCUT2D eigenvalue weighted by Gasteiger charge is 2.44. The van der Waals surface area contributed by atoms with Crippen molar-refractivity contribution in [2.45, 2.75) is 56.0 Å². The number of rotatable bonds is 10. The number of nitrogens with one attached hydrogen (secondary N) is 1. The molecule has 2 saturated heterocycles. The zero-order valence-corrected chi connectivity index (χ0v) is 23.3. The van der Waals surface area contributed by atoms with E-state index >= 15 is 0 Å². The number of nitrogens with two attached hydrogens (primary N) is 1. The van der Waals surface area contributed by atoms with Gasteiger partial charge >= 0.3 is 11.9 Å².